The first-order valence-electron chi connectivity index (χ1n) is 4.48. The SMILES string of the molecule is C=C=C=C=C=C=C=C=C=C=C[C@H](O)[C@H](C)N. The summed E-state index contributed by atoms with van der Waals surface area (Å²) >= 11 is 0. The van der Waals surface area contributed by atoms with Crippen LogP contribution in [0.1, 0.15) is 6.92 Å². The Labute approximate surface area is 94.7 Å². The van der Waals surface area contributed by atoms with E-state index in [1.165, 1.54) is 6.08 Å². The molecule has 0 saturated heterocycles. The van der Waals surface area contributed by atoms with Crippen molar-refractivity contribution in [3.8, 4) is 0 Å². The first-order chi connectivity index (χ1) is 7.68. The molecule has 0 aliphatic rings. The summed E-state index contributed by atoms with van der Waals surface area (Å²) in [6.45, 7) is 4.98. The van der Waals surface area contributed by atoms with Crippen LogP contribution in [0, 0.1) is 0 Å². The monoisotopic (exact) mass is 209 g/mol. The average molecular weight is 209 g/mol. The van der Waals surface area contributed by atoms with Gasteiger partial charge in [0.1, 0.15) is 0 Å². The zero-order valence-corrected chi connectivity index (χ0v) is 8.96. The first kappa shape index (κ1) is 13.7. The molecule has 0 aromatic heterocycles. The number of aliphatic hydroxyl groups is 1. The molecule has 3 N–H and O–H groups in total. The van der Waals surface area contributed by atoms with E-state index < -0.39 is 6.10 Å². The Morgan fingerprint density at radius 1 is 1.06 bits per heavy atom. The van der Waals surface area contributed by atoms with Gasteiger partial charge in [-0.25, -0.2) is 0 Å². The molecule has 78 valence electrons. The highest BCUT2D eigenvalue weighted by Crippen LogP contribution is 1.88. The van der Waals surface area contributed by atoms with Gasteiger partial charge in [-0.1, -0.05) is 11.5 Å². The van der Waals surface area contributed by atoms with Crippen LogP contribution in [0.15, 0.2) is 64.2 Å². The van der Waals surface area contributed by atoms with Gasteiger partial charge in [0.15, 0.2) is 0 Å². The average Bonchev–Trinajstić information content (AvgIpc) is 2.26. The summed E-state index contributed by atoms with van der Waals surface area (Å²) in [6, 6.07) is -0.340. The number of rotatable bonds is 2. The molecule has 0 saturated carbocycles. The second-order valence-corrected chi connectivity index (χ2v) is 2.71. The highest BCUT2D eigenvalue weighted by molar-refractivity contribution is 4.94. The van der Waals surface area contributed by atoms with Crippen LogP contribution in [0.3, 0.4) is 0 Å². The molecular weight excluding hydrogens is 198 g/mol. The van der Waals surface area contributed by atoms with Gasteiger partial charge in [0, 0.05) is 6.04 Å². The van der Waals surface area contributed by atoms with Crippen LogP contribution in [0.25, 0.3) is 0 Å². The van der Waals surface area contributed by atoms with Crippen LogP contribution < -0.4 is 5.73 Å². The lowest BCUT2D eigenvalue weighted by molar-refractivity contribution is 0.198. The summed E-state index contributed by atoms with van der Waals surface area (Å²) < 4.78 is 0. The van der Waals surface area contributed by atoms with Crippen molar-refractivity contribution in [3.63, 3.8) is 0 Å². The van der Waals surface area contributed by atoms with Crippen molar-refractivity contribution in [1.29, 1.82) is 0 Å². The predicted molar refractivity (Wildman–Crippen MR) is 61.5 cm³/mol. The standard InChI is InChI=1S/C14H11NO/c1-3-4-5-6-7-8-9-10-11-12-14(16)13(2)15/h12-14,16H,1,15H2,2H3/t13-,14-/m0/s1. The summed E-state index contributed by atoms with van der Waals surface area (Å²) in [5.41, 5.74) is 27.6. The van der Waals surface area contributed by atoms with E-state index in [1.807, 2.05) is 0 Å². The Kier molecular flexibility index (Phi) is 7.90. The number of hydrogen-bond acceptors (Lipinski definition) is 2. The minimum Gasteiger partial charge on any atom is -0.387 e. The fraction of sp³-hybridized carbons (Fsp3) is 0.214. The summed E-state index contributed by atoms with van der Waals surface area (Å²) in [4.78, 5) is 0. The fourth-order valence-corrected chi connectivity index (χ4v) is 0.515. The lowest BCUT2D eigenvalue weighted by Crippen LogP contribution is -2.29. The molecule has 2 heteroatoms. The molecule has 0 unspecified atom stereocenters. The minimum absolute atomic E-state index is 0.340. The second kappa shape index (κ2) is 9.24. The maximum absolute atomic E-state index is 9.24. The third-order valence-electron chi connectivity index (χ3n) is 1.33. The Hall–Kier alpha value is -2.32. The molecule has 0 bridgehead atoms. The Bertz CT molecular complexity index is 556. The molecule has 0 aliphatic heterocycles. The lowest BCUT2D eigenvalue weighted by Gasteiger charge is -2.06. The van der Waals surface area contributed by atoms with Gasteiger partial charge in [-0.3, -0.25) is 0 Å². The summed E-state index contributed by atoms with van der Waals surface area (Å²) in [5.74, 6) is 0. The zero-order chi connectivity index (χ0) is 12.2. The molecule has 0 rings (SSSR count). The van der Waals surface area contributed by atoms with Gasteiger partial charge < -0.3 is 10.8 Å². The molecule has 2 nitrogen and oxygen atoms in total. The Morgan fingerprint density at radius 2 is 1.56 bits per heavy atom. The van der Waals surface area contributed by atoms with Crippen LogP contribution in [0.2, 0.25) is 0 Å². The van der Waals surface area contributed by atoms with Crippen LogP contribution in [-0.2, 0) is 0 Å². The number of aliphatic hydroxyl groups excluding tert-OH is 1. The molecule has 0 radical (unpaired) electrons. The summed E-state index contributed by atoms with van der Waals surface area (Å²) in [6.07, 6.45) is 0.647. The minimum atomic E-state index is -0.741. The zero-order valence-electron chi connectivity index (χ0n) is 8.96. The quantitative estimate of drug-likeness (QED) is 0.673. The van der Waals surface area contributed by atoms with Crippen molar-refractivity contribution in [2.24, 2.45) is 5.73 Å². The maximum atomic E-state index is 9.24. The third-order valence-corrected chi connectivity index (χ3v) is 1.33. The smallest absolute Gasteiger partial charge is 0.0949 e. The first-order valence-corrected chi connectivity index (χ1v) is 4.48. The number of nitrogens with two attached hydrogens (primary N) is 1. The predicted octanol–water partition coefficient (Wildman–Crippen LogP) is 1.28. The van der Waals surface area contributed by atoms with Gasteiger partial charge in [-0.2, -0.15) is 0 Å². The maximum Gasteiger partial charge on any atom is 0.0949 e. The molecule has 2 atom stereocenters. The molecule has 0 fully saturated rings. The van der Waals surface area contributed by atoms with E-state index in [4.69, 9.17) is 5.73 Å². The van der Waals surface area contributed by atoms with E-state index in [0.717, 1.165) is 0 Å². The highest BCUT2D eigenvalue weighted by atomic mass is 16.3. The van der Waals surface area contributed by atoms with Gasteiger partial charge in [-0.15, -0.1) is 0 Å². The molecule has 16 heavy (non-hydrogen) atoms. The largest absolute Gasteiger partial charge is 0.387 e. The molecule has 0 amide bonds. The van der Waals surface area contributed by atoms with Crippen molar-refractivity contribution in [2.75, 3.05) is 0 Å². The van der Waals surface area contributed by atoms with Gasteiger partial charge in [0.05, 0.1) is 6.10 Å². The van der Waals surface area contributed by atoms with Gasteiger partial charge >= 0.3 is 0 Å². The summed E-state index contributed by atoms with van der Waals surface area (Å²) in [7, 11) is 0. The van der Waals surface area contributed by atoms with Crippen molar-refractivity contribution in [2.45, 2.75) is 19.1 Å². The normalized spacial score (nSPS) is 10.2. The van der Waals surface area contributed by atoms with Gasteiger partial charge in [0.2, 0.25) is 0 Å². The Balaban J connectivity index is 5.07. The van der Waals surface area contributed by atoms with Crippen LogP contribution in [0.5, 0.6) is 0 Å². The molecule has 0 aliphatic carbocycles. The topological polar surface area (TPSA) is 46.2 Å². The highest BCUT2D eigenvalue weighted by Gasteiger charge is 2.02. The van der Waals surface area contributed by atoms with Gasteiger partial charge in [-0.05, 0) is 59.7 Å². The lowest BCUT2D eigenvalue weighted by atomic mass is 10.2. The molecule has 0 heterocycles. The molecule has 0 aromatic carbocycles. The van der Waals surface area contributed by atoms with Crippen molar-refractivity contribution in [3.05, 3.63) is 64.2 Å². The summed E-state index contributed by atoms with van der Waals surface area (Å²) in [5, 5.41) is 9.24. The van der Waals surface area contributed by atoms with E-state index in [0.29, 0.717) is 0 Å². The van der Waals surface area contributed by atoms with Gasteiger partial charge in [0.25, 0.3) is 0 Å². The second-order valence-electron chi connectivity index (χ2n) is 2.71. The Morgan fingerprint density at radius 3 is 2.06 bits per heavy atom. The molecule has 0 aromatic rings. The molecular formula is C14H11NO. The van der Waals surface area contributed by atoms with E-state index in [-0.39, 0.29) is 6.04 Å². The van der Waals surface area contributed by atoms with Crippen LogP contribution >= 0.6 is 0 Å². The number of hydrogen-bond donors (Lipinski definition) is 2. The van der Waals surface area contributed by atoms with E-state index in [1.54, 1.807) is 6.92 Å². The fourth-order valence-electron chi connectivity index (χ4n) is 0.515. The molecule has 0 spiro atoms. The van der Waals surface area contributed by atoms with Crippen molar-refractivity contribution in [1.82, 2.24) is 0 Å². The van der Waals surface area contributed by atoms with Crippen molar-refractivity contribution >= 4 is 0 Å². The van der Waals surface area contributed by atoms with Crippen molar-refractivity contribution < 1.29 is 5.11 Å². The van der Waals surface area contributed by atoms with E-state index in [9.17, 15) is 5.11 Å². The van der Waals surface area contributed by atoms with E-state index >= 15 is 0 Å². The third kappa shape index (κ3) is 8.29. The van der Waals surface area contributed by atoms with Crippen LogP contribution in [0.4, 0.5) is 0 Å². The van der Waals surface area contributed by atoms with Crippen LogP contribution in [-0.4, -0.2) is 17.3 Å². The van der Waals surface area contributed by atoms with E-state index in [2.05, 4.69) is 58.2 Å².